The molecular formula is C12H17N3. The number of aromatic nitrogens is 2. The van der Waals surface area contributed by atoms with Crippen molar-refractivity contribution in [3.8, 4) is 0 Å². The lowest BCUT2D eigenvalue weighted by molar-refractivity contribution is 0.382. The summed E-state index contributed by atoms with van der Waals surface area (Å²) in [6, 6.07) is 8.34. The molecule has 0 aliphatic rings. The maximum Gasteiger partial charge on any atom is 0.0682 e. The largest absolute Gasteiger partial charge is 0.309 e. The van der Waals surface area contributed by atoms with Gasteiger partial charge in [0.05, 0.1) is 11.7 Å². The molecule has 0 saturated carbocycles. The zero-order chi connectivity index (χ0) is 10.7. The molecule has 15 heavy (non-hydrogen) atoms. The van der Waals surface area contributed by atoms with Gasteiger partial charge in [-0.2, -0.15) is 5.10 Å². The number of hydrogen-bond acceptors (Lipinski definition) is 2. The summed E-state index contributed by atoms with van der Waals surface area (Å²) in [5, 5.41) is 5.61. The first-order valence-electron chi connectivity index (χ1n) is 5.32. The summed E-state index contributed by atoms with van der Waals surface area (Å²) in [7, 11) is 4.20. The van der Waals surface area contributed by atoms with Crippen LogP contribution < -0.4 is 0 Å². The van der Waals surface area contributed by atoms with E-state index in [4.69, 9.17) is 0 Å². The van der Waals surface area contributed by atoms with Crippen LogP contribution in [0, 0.1) is 0 Å². The van der Waals surface area contributed by atoms with E-state index < -0.39 is 0 Å². The molecule has 0 saturated heterocycles. The molecule has 0 radical (unpaired) electrons. The van der Waals surface area contributed by atoms with Crippen LogP contribution >= 0.6 is 0 Å². The van der Waals surface area contributed by atoms with E-state index in [1.165, 1.54) is 10.9 Å². The van der Waals surface area contributed by atoms with E-state index in [9.17, 15) is 0 Å². The summed E-state index contributed by atoms with van der Waals surface area (Å²) < 4.78 is 2.08. The number of nitrogens with zero attached hydrogens (tertiary/aromatic N) is 3. The molecule has 0 atom stereocenters. The van der Waals surface area contributed by atoms with Crippen molar-refractivity contribution in [2.24, 2.45) is 0 Å². The SMILES string of the molecule is CN(C)CCCn1ncc2ccccc21. The third kappa shape index (κ3) is 2.36. The molecule has 0 spiro atoms. The summed E-state index contributed by atoms with van der Waals surface area (Å²) in [6.07, 6.45) is 3.07. The molecule has 2 aromatic rings. The van der Waals surface area contributed by atoms with Crippen molar-refractivity contribution in [1.82, 2.24) is 14.7 Å². The fourth-order valence-corrected chi connectivity index (χ4v) is 1.74. The second-order valence-corrected chi connectivity index (χ2v) is 4.08. The highest BCUT2D eigenvalue weighted by molar-refractivity contribution is 5.78. The minimum atomic E-state index is 0.992. The molecule has 0 aliphatic heterocycles. The molecule has 3 nitrogen and oxygen atoms in total. The predicted octanol–water partition coefficient (Wildman–Crippen LogP) is 1.99. The van der Waals surface area contributed by atoms with E-state index in [0.717, 1.165) is 19.5 Å². The van der Waals surface area contributed by atoms with Crippen molar-refractivity contribution < 1.29 is 0 Å². The van der Waals surface area contributed by atoms with Gasteiger partial charge >= 0.3 is 0 Å². The van der Waals surface area contributed by atoms with E-state index in [0.29, 0.717) is 0 Å². The molecule has 1 heterocycles. The van der Waals surface area contributed by atoms with Gasteiger partial charge in [0.15, 0.2) is 0 Å². The van der Waals surface area contributed by atoms with Gasteiger partial charge in [0.2, 0.25) is 0 Å². The van der Waals surface area contributed by atoms with Gasteiger partial charge in [-0.15, -0.1) is 0 Å². The summed E-state index contributed by atoms with van der Waals surface area (Å²) in [5.41, 5.74) is 1.23. The Hall–Kier alpha value is -1.35. The standard InChI is InChI=1S/C12H17N3/c1-14(2)8-5-9-15-12-7-4-3-6-11(12)10-13-15/h3-4,6-7,10H,5,8-9H2,1-2H3. The van der Waals surface area contributed by atoms with Crippen molar-refractivity contribution in [2.75, 3.05) is 20.6 Å². The van der Waals surface area contributed by atoms with Crippen molar-refractivity contribution >= 4 is 10.9 Å². The highest BCUT2D eigenvalue weighted by Gasteiger charge is 2.00. The molecule has 3 heteroatoms. The lowest BCUT2D eigenvalue weighted by Gasteiger charge is -2.09. The molecule has 0 amide bonds. The van der Waals surface area contributed by atoms with E-state index in [-0.39, 0.29) is 0 Å². The third-order valence-corrected chi connectivity index (χ3v) is 2.53. The lowest BCUT2D eigenvalue weighted by atomic mass is 10.2. The summed E-state index contributed by atoms with van der Waals surface area (Å²) in [6.45, 7) is 2.10. The molecule has 1 aromatic heterocycles. The normalized spacial score (nSPS) is 11.4. The zero-order valence-corrected chi connectivity index (χ0v) is 9.35. The molecule has 0 aliphatic carbocycles. The second kappa shape index (κ2) is 4.45. The van der Waals surface area contributed by atoms with E-state index in [2.05, 4.69) is 47.0 Å². The number of aryl methyl sites for hydroxylation is 1. The van der Waals surface area contributed by atoms with Crippen LogP contribution in [0.4, 0.5) is 0 Å². The zero-order valence-electron chi connectivity index (χ0n) is 9.35. The van der Waals surface area contributed by atoms with E-state index in [1.54, 1.807) is 0 Å². The Bertz CT molecular complexity index is 431. The first-order chi connectivity index (χ1) is 7.27. The number of hydrogen-bond donors (Lipinski definition) is 0. The van der Waals surface area contributed by atoms with Crippen LogP contribution in [0.5, 0.6) is 0 Å². The fourth-order valence-electron chi connectivity index (χ4n) is 1.74. The molecule has 0 bridgehead atoms. The van der Waals surface area contributed by atoms with Crippen LogP contribution in [0.15, 0.2) is 30.5 Å². The van der Waals surface area contributed by atoms with Gasteiger partial charge in [0.1, 0.15) is 0 Å². The Morgan fingerprint density at radius 1 is 1.27 bits per heavy atom. The van der Waals surface area contributed by atoms with Crippen LogP contribution in [0.2, 0.25) is 0 Å². The van der Waals surface area contributed by atoms with Crippen LogP contribution in [0.1, 0.15) is 6.42 Å². The average molecular weight is 203 g/mol. The van der Waals surface area contributed by atoms with Gasteiger partial charge in [0.25, 0.3) is 0 Å². The fraction of sp³-hybridized carbons (Fsp3) is 0.417. The van der Waals surface area contributed by atoms with Gasteiger partial charge in [-0.05, 0) is 33.1 Å². The summed E-state index contributed by atoms with van der Waals surface area (Å²) in [5.74, 6) is 0. The first-order valence-corrected chi connectivity index (χ1v) is 5.32. The van der Waals surface area contributed by atoms with Gasteiger partial charge in [-0.1, -0.05) is 18.2 Å². The molecule has 80 valence electrons. The topological polar surface area (TPSA) is 21.1 Å². The molecule has 0 fully saturated rings. The van der Waals surface area contributed by atoms with Gasteiger partial charge in [-0.3, -0.25) is 4.68 Å². The number of benzene rings is 1. The highest BCUT2D eigenvalue weighted by Crippen LogP contribution is 2.12. The maximum atomic E-state index is 4.39. The summed E-state index contributed by atoms with van der Waals surface area (Å²) in [4.78, 5) is 2.20. The highest BCUT2D eigenvalue weighted by atomic mass is 15.3. The predicted molar refractivity (Wildman–Crippen MR) is 62.9 cm³/mol. The molecule has 0 N–H and O–H groups in total. The smallest absolute Gasteiger partial charge is 0.0682 e. The average Bonchev–Trinajstić information content (AvgIpc) is 2.62. The number of para-hydroxylation sites is 1. The van der Waals surface area contributed by atoms with Gasteiger partial charge < -0.3 is 4.90 Å². The molecular weight excluding hydrogens is 186 g/mol. The van der Waals surface area contributed by atoms with Crippen LogP contribution in [-0.2, 0) is 6.54 Å². The second-order valence-electron chi connectivity index (χ2n) is 4.08. The van der Waals surface area contributed by atoms with Crippen LogP contribution in [-0.4, -0.2) is 35.3 Å². The minimum absolute atomic E-state index is 0.992. The Kier molecular flexibility index (Phi) is 3.02. The maximum absolute atomic E-state index is 4.39. The minimum Gasteiger partial charge on any atom is -0.309 e. The van der Waals surface area contributed by atoms with Crippen molar-refractivity contribution in [3.63, 3.8) is 0 Å². The van der Waals surface area contributed by atoms with Gasteiger partial charge in [0, 0.05) is 11.9 Å². The summed E-state index contributed by atoms with van der Waals surface area (Å²) >= 11 is 0. The van der Waals surface area contributed by atoms with Crippen molar-refractivity contribution in [1.29, 1.82) is 0 Å². The number of fused-ring (bicyclic) bond motifs is 1. The van der Waals surface area contributed by atoms with Crippen molar-refractivity contribution in [3.05, 3.63) is 30.5 Å². The Labute approximate surface area is 90.3 Å². The molecule has 1 aromatic carbocycles. The molecule has 2 rings (SSSR count). The van der Waals surface area contributed by atoms with Crippen LogP contribution in [0.25, 0.3) is 10.9 Å². The Balaban J connectivity index is 2.08. The number of rotatable bonds is 4. The quantitative estimate of drug-likeness (QED) is 0.757. The Morgan fingerprint density at radius 3 is 2.87 bits per heavy atom. The van der Waals surface area contributed by atoms with E-state index in [1.807, 2.05) is 12.3 Å². The van der Waals surface area contributed by atoms with Crippen LogP contribution in [0.3, 0.4) is 0 Å². The monoisotopic (exact) mass is 203 g/mol. The molecule has 0 unspecified atom stereocenters. The third-order valence-electron chi connectivity index (χ3n) is 2.53. The van der Waals surface area contributed by atoms with Gasteiger partial charge in [-0.25, -0.2) is 0 Å². The lowest BCUT2D eigenvalue weighted by Crippen LogP contribution is -2.15. The first kappa shape index (κ1) is 10.2. The van der Waals surface area contributed by atoms with Crippen molar-refractivity contribution in [2.45, 2.75) is 13.0 Å². The van der Waals surface area contributed by atoms with E-state index >= 15 is 0 Å². The Morgan fingerprint density at radius 2 is 2.07 bits per heavy atom.